The fourth-order valence-corrected chi connectivity index (χ4v) is 3.97. The van der Waals surface area contributed by atoms with Gasteiger partial charge in [-0.3, -0.25) is 0 Å². The molecule has 3 nitrogen and oxygen atoms in total. The van der Waals surface area contributed by atoms with Crippen LogP contribution in [0.2, 0.25) is 0 Å². The number of halogens is 4. The van der Waals surface area contributed by atoms with Gasteiger partial charge in [-0.1, -0.05) is 49.6 Å². The van der Waals surface area contributed by atoms with Crippen LogP contribution >= 0.6 is 24.8 Å². The molecule has 4 rings (SSSR count). The average molecular weight is 442 g/mol. The highest BCUT2D eigenvalue weighted by Gasteiger charge is 2.39. The van der Waals surface area contributed by atoms with Gasteiger partial charge in [0.1, 0.15) is 0 Å². The first-order chi connectivity index (χ1) is 13.1. The van der Waals surface area contributed by atoms with Gasteiger partial charge in [-0.05, 0) is 41.7 Å². The van der Waals surface area contributed by atoms with Gasteiger partial charge in [-0.2, -0.15) is 0 Å². The highest BCUT2D eigenvalue weighted by Crippen LogP contribution is 2.36. The second kappa shape index (κ2) is 10.4. The molecule has 1 fully saturated rings. The zero-order chi connectivity index (χ0) is 18.7. The summed E-state index contributed by atoms with van der Waals surface area (Å²) in [6.45, 7) is 0.220. The largest absolute Gasteiger partial charge is 0.345 e. The van der Waals surface area contributed by atoms with Crippen LogP contribution in [0.5, 0.6) is 0 Å². The number of hydrogen-bond donors (Lipinski definition) is 2. The quantitative estimate of drug-likeness (QED) is 0.465. The number of fused-ring (bicyclic) bond motifs is 1. The van der Waals surface area contributed by atoms with Crippen LogP contribution < -0.4 is 5.32 Å². The first kappa shape index (κ1) is 23.6. The molecule has 3 aromatic rings. The van der Waals surface area contributed by atoms with E-state index in [1.807, 2.05) is 36.4 Å². The van der Waals surface area contributed by atoms with E-state index >= 15 is 0 Å². The Morgan fingerprint density at radius 2 is 1.66 bits per heavy atom. The zero-order valence-corrected chi connectivity index (χ0v) is 17.8. The minimum absolute atomic E-state index is 0. The molecule has 0 amide bonds. The Bertz CT molecular complexity index is 890. The van der Waals surface area contributed by atoms with Crippen LogP contribution in [0.1, 0.15) is 37.7 Å². The van der Waals surface area contributed by atoms with Crippen molar-refractivity contribution in [2.75, 3.05) is 6.54 Å². The van der Waals surface area contributed by atoms with Crippen LogP contribution in [0.25, 0.3) is 22.2 Å². The van der Waals surface area contributed by atoms with Crippen molar-refractivity contribution in [3.63, 3.8) is 0 Å². The monoisotopic (exact) mass is 441 g/mol. The van der Waals surface area contributed by atoms with Gasteiger partial charge < -0.3 is 10.3 Å². The lowest BCUT2D eigenvalue weighted by Gasteiger charge is -2.30. The summed E-state index contributed by atoms with van der Waals surface area (Å²) in [5.41, 5.74) is 5.17. The average Bonchev–Trinajstić information content (AvgIpc) is 3.17. The van der Waals surface area contributed by atoms with Gasteiger partial charge >= 0.3 is 0 Å². The molecule has 2 N–H and O–H groups in total. The summed E-state index contributed by atoms with van der Waals surface area (Å²) in [6.07, 6.45) is 5.97. The Kier molecular flexibility index (Phi) is 8.44. The number of rotatable bonds is 6. The van der Waals surface area contributed by atoms with E-state index in [1.54, 1.807) is 6.33 Å². The number of imidazole rings is 1. The molecule has 0 bridgehead atoms. The minimum Gasteiger partial charge on any atom is -0.345 e. The standard InChI is InChI=1S/C22H25F2N3.2ClH/c23-22(24,19-4-2-1-3-5-19)14-25-13-16-6-8-17(9-7-16)18-10-11-20-21(12-18)27-15-26-20;;/h6-12,15,19,25H,1-5,13-14H2,(H,26,27);2*1H. The summed E-state index contributed by atoms with van der Waals surface area (Å²) in [4.78, 5) is 7.35. The minimum atomic E-state index is -2.61. The molecule has 2 aromatic carbocycles. The zero-order valence-electron chi connectivity index (χ0n) is 16.2. The van der Waals surface area contributed by atoms with Crippen LogP contribution in [0.15, 0.2) is 48.8 Å². The molecule has 0 radical (unpaired) electrons. The molecule has 1 saturated carbocycles. The highest BCUT2D eigenvalue weighted by atomic mass is 35.5. The molecular weight excluding hydrogens is 415 g/mol. The van der Waals surface area contributed by atoms with E-state index in [9.17, 15) is 8.78 Å². The summed E-state index contributed by atoms with van der Waals surface area (Å²) >= 11 is 0. The predicted molar refractivity (Wildman–Crippen MR) is 119 cm³/mol. The third-order valence-electron chi connectivity index (χ3n) is 5.60. The molecule has 1 aromatic heterocycles. The summed E-state index contributed by atoms with van der Waals surface area (Å²) in [7, 11) is 0. The van der Waals surface area contributed by atoms with Crippen molar-refractivity contribution in [1.82, 2.24) is 15.3 Å². The lowest BCUT2D eigenvalue weighted by Crippen LogP contribution is -2.40. The molecule has 158 valence electrons. The summed E-state index contributed by atoms with van der Waals surface area (Å²) < 4.78 is 28.7. The van der Waals surface area contributed by atoms with Gasteiger partial charge in [-0.15, -0.1) is 24.8 Å². The number of hydrogen-bond acceptors (Lipinski definition) is 2. The van der Waals surface area contributed by atoms with Gasteiger partial charge in [0.2, 0.25) is 0 Å². The smallest absolute Gasteiger partial charge is 0.263 e. The molecule has 7 heteroatoms. The van der Waals surface area contributed by atoms with Crippen molar-refractivity contribution in [2.45, 2.75) is 44.6 Å². The number of nitrogens with one attached hydrogen (secondary N) is 2. The molecule has 1 aliphatic rings. The number of aromatic amines is 1. The molecule has 1 aliphatic carbocycles. The molecular formula is C22H27Cl2F2N3. The van der Waals surface area contributed by atoms with Gasteiger partial charge in [0.25, 0.3) is 5.92 Å². The SMILES string of the molecule is Cl.Cl.FC(F)(CNCc1ccc(-c2ccc3nc[nH]c3c2)cc1)C1CCCCC1. The fourth-order valence-electron chi connectivity index (χ4n) is 3.97. The molecule has 0 spiro atoms. The first-order valence-electron chi connectivity index (χ1n) is 9.73. The maximum absolute atomic E-state index is 14.3. The lowest BCUT2D eigenvalue weighted by atomic mass is 9.84. The number of aromatic nitrogens is 2. The highest BCUT2D eigenvalue weighted by molar-refractivity contribution is 5.85. The Balaban J connectivity index is 0.00000150. The summed E-state index contributed by atoms with van der Waals surface area (Å²) in [6, 6.07) is 14.2. The number of nitrogens with zero attached hydrogens (tertiary/aromatic N) is 1. The lowest BCUT2D eigenvalue weighted by molar-refractivity contribution is -0.0685. The Morgan fingerprint density at radius 3 is 2.38 bits per heavy atom. The van der Waals surface area contributed by atoms with E-state index in [2.05, 4.69) is 21.4 Å². The second-order valence-corrected chi connectivity index (χ2v) is 7.53. The first-order valence-corrected chi connectivity index (χ1v) is 9.73. The van der Waals surface area contributed by atoms with Crippen molar-refractivity contribution in [2.24, 2.45) is 5.92 Å². The fraction of sp³-hybridized carbons (Fsp3) is 0.409. The van der Waals surface area contributed by atoms with E-state index < -0.39 is 11.8 Å². The summed E-state index contributed by atoms with van der Waals surface area (Å²) in [5, 5.41) is 2.96. The van der Waals surface area contributed by atoms with Gasteiger partial charge in [0, 0.05) is 12.5 Å². The maximum Gasteiger partial charge on any atom is 0.263 e. The van der Waals surface area contributed by atoms with Crippen LogP contribution in [0.4, 0.5) is 8.78 Å². The number of benzene rings is 2. The van der Waals surface area contributed by atoms with Crippen molar-refractivity contribution in [1.29, 1.82) is 0 Å². The number of alkyl halides is 2. The van der Waals surface area contributed by atoms with E-state index in [4.69, 9.17) is 0 Å². The van der Waals surface area contributed by atoms with Gasteiger partial charge in [0.15, 0.2) is 0 Å². The summed E-state index contributed by atoms with van der Waals surface area (Å²) in [5.74, 6) is -3.07. The molecule has 29 heavy (non-hydrogen) atoms. The van der Waals surface area contributed by atoms with Crippen molar-refractivity contribution in [3.8, 4) is 11.1 Å². The van der Waals surface area contributed by atoms with E-state index in [1.165, 1.54) is 0 Å². The Hall–Kier alpha value is -1.69. The Labute approximate surface area is 182 Å². The van der Waals surface area contributed by atoms with Crippen LogP contribution in [0.3, 0.4) is 0 Å². The van der Waals surface area contributed by atoms with E-state index in [0.717, 1.165) is 47.0 Å². The molecule has 0 saturated heterocycles. The second-order valence-electron chi connectivity index (χ2n) is 7.53. The third kappa shape index (κ3) is 5.68. The van der Waals surface area contributed by atoms with Gasteiger partial charge in [-0.25, -0.2) is 13.8 Å². The van der Waals surface area contributed by atoms with Crippen molar-refractivity contribution in [3.05, 3.63) is 54.4 Å². The van der Waals surface area contributed by atoms with Crippen LogP contribution in [-0.4, -0.2) is 22.4 Å². The molecule has 0 atom stereocenters. The maximum atomic E-state index is 14.3. The van der Waals surface area contributed by atoms with Gasteiger partial charge in [0.05, 0.1) is 23.9 Å². The molecule has 0 aliphatic heterocycles. The predicted octanol–water partition coefficient (Wildman–Crippen LogP) is 6.38. The molecule has 0 unspecified atom stereocenters. The third-order valence-corrected chi connectivity index (χ3v) is 5.60. The van der Waals surface area contributed by atoms with Crippen LogP contribution in [-0.2, 0) is 6.54 Å². The Morgan fingerprint density at radius 1 is 0.966 bits per heavy atom. The van der Waals surface area contributed by atoms with Crippen LogP contribution in [0, 0.1) is 5.92 Å². The topological polar surface area (TPSA) is 40.7 Å². The normalized spacial score (nSPS) is 15.0. The van der Waals surface area contributed by atoms with Crippen molar-refractivity contribution >= 4 is 35.8 Å². The van der Waals surface area contributed by atoms with E-state index in [0.29, 0.717) is 19.4 Å². The molecule has 1 heterocycles. The van der Waals surface area contributed by atoms with E-state index in [-0.39, 0.29) is 31.4 Å². The van der Waals surface area contributed by atoms with Crippen molar-refractivity contribution < 1.29 is 8.78 Å². The number of H-pyrrole nitrogens is 1.